The molecule has 3 rings (SSSR count). The molecule has 0 bridgehead atoms. The zero-order valence-corrected chi connectivity index (χ0v) is 21.3. The SMILES string of the molecule is CCNC(=NCC(c1cnn(C)c1)N(C)C)N1CCN(c2ccccc2Cl)CC1.I. The monoisotopic (exact) mass is 545 g/mol. The van der Waals surface area contributed by atoms with E-state index in [-0.39, 0.29) is 30.0 Å². The standard InChI is InChI=1S/C21H32ClN7.HI/c1-5-23-21(24-15-20(26(2)3)17-14-25-27(4)16-17)29-12-10-28(11-13-29)19-9-7-6-8-18(19)22;/h6-9,14,16,20H,5,10-13,15H2,1-4H3,(H,23,24);1H. The summed E-state index contributed by atoms with van der Waals surface area (Å²) in [6.07, 6.45) is 3.99. The van der Waals surface area contributed by atoms with E-state index in [1.54, 1.807) is 0 Å². The minimum absolute atomic E-state index is 0. The average Bonchev–Trinajstić information content (AvgIpc) is 3.13. The predicted molar refractivity (Wildman–Crippen MR) is 136 cm³/mol. The van der Waals surface area contributed by atoms with Crippen LogP contribution in [0.5, 0.6) is 0 Å². The first kappa shape index (κ1) is 24.7. The Morgan fingerprint density at radius 3 is 2.50 bits per heavy atom. The number of benzene rings is 1. The Morgan fingerprint density at radius 1 is 1.23 bits per heavy atom. The van der Waals surface area contributed by atoms with Crippen LogP contribution in [0.4, 0.5) is 5.69 Å². The molecule has 30 heavy (non-hydrogen) atoms. The largest absolute Gasteiger partial charge is 0.367 e. The maximum atomic E-state index is 6.38. The average molecular weight is 546 g/mol. The van der Waals surface area contributed by atoms with Crippen molar-refractivity contribution in [3.63, 3.8) is 0 Å². The molecule has 1 aliphatic rings. The van der Waals surface area contributed by atoms with Crippen molar-refractivity contribution in [2.24, 2.45) is 12.0 Å². The molecule has 0 radical (unpaired) electrons. The van der Waals surface area contributed by atoms with E-state index >= 15 is 0 Å². The number of nitrogens with one attached hydrogen (secondary N) is 1. The lowest BCUT2D eigenvalue weighted by Gasteiger charge is -2.38. The highest BCUT2D eigenvalue weighted by molar-refractivity contribution is 14.0. The lowest BCUT2D eigenvalue weighted by atomic mass is 10.1. The van der Waals surface area contributed by atoms with Crippen LogP contribution in [-0.2, 0) is 7.05 Å². The Labute approximate surface area is 202 Å². The lowest BCUT2D eigenvalue weighted by Crippen LogP contribution is -2.52. The summed E-state index contributed by atoms with van der Waals surface area (Å²) in [5.41, 5.74) is 2.29. The summed E-state index contributed by atoms with van der Waals surface area (Å²) in [5.74, 6) is 0.974. The number of hydrogen-bond acceptors (Lipinski definition) is 4. The minimum atomic E-state index is 0. The molecule has 1 aromatic carbocycles. The number of nitrogens with zero attached hydrogens (tertiary/aromatic N) is 6. The number of para-hydroxylation sites is 1. The number of aryl methyl sites for hydroxylation is 1. The molecular weight excluding hydrogens is 513 g/mol. The van der Waals surface area contributed by atoms with Crippen molar-refractivity contribution in [3.8, 4) is 0 Å². The van der Waals surface area contributed by atoms with Gasteiger partial charge in [-0.2, -0.15) is 5.10 Å². The number of likely N-dealkylation sites (N-methyl/N-ethyl adjacent to an activating group) is 1. The molecule has 9 heteroatoms. The second-order valence-corrected chi connectivity index (χ2v) is 7.95. The smallest absolute Gasteiger partial charge is 0.194 e. The summed E-state index contributed by atoms with van der Waals surface area (Å²) < 4.78 is 1.84. The molecule has 1 aromatic heterocycles. The van der Waals surface area contributed by atoms with Gasteiger partial charge in [-0.1, -0.05) is 23.7 Å². The summed E-state index contributed by atoms with van der Waals surface area (Å²) in [7, 11) is 6.12. The van der Waals surface area contributed by atoms with Crippen molar-refractivity contribution in [1.82, 2.24) is 24.9 Å². The second kappa shape index (κ2) is 11.8. The highest BCUT2D eigenvalue weighted by atomic mass is 127. The molecular formula is C21H33ClIN7. The van der Waals surface area contributed by atoms with Gasteiger partial charge in [0.05, 0.1) is 29.5 Å². The highest BCUT2D eigenvalue weighted by Gasteiger charge is 2.22. The molecule has 1 aliphatic heterocycles. The predicted octanol–water partition coefficient (Wildman–Crippen LogP) is 3.08. The first-order valence-electron chi connectivity index (χ1n) is 10.2. The van der Waals surface area contributed by atoms with Crippen molar-refractivity contribution in [2.75, 3.05) is 58.3 Å². The van der Waals surface area contributed by atoms with Crippen LogP contribution in [0.25, 0.3) is 0 Å². The normalized spacial score (nSPS) is 15.9. The maximum Gasteiger partial charge on any atom is 0.194 e. The quantitative estimate of drug-likeness (QED) is 0.344. The van der Waals surface area contributed by atoms with Crippen molar-refractivity contribution in [1.29, 1.82) is 0 Å². The number of anilines is 1. The third-order valence-corrected chi connectivity index (χ3v) is 5.57. The van der Waals surface area contributed by atoms with Gasteiger partial charge in [0.15, 0.2) is 5.96 Å². The maximum absolute atomic E-state index is 6.38. The molecule has 1 atom stereocenters. The van der Waals surface area contributed by atoms with Crippen LogP contribution in [0, 0.1) is 0 Å². The van der Waals surface area contributed by atoms with Gasteiger partial charge in [-0.05, 0) is 33.2 Å². The number of halogens is 2. The topological polar surface area (TPSA) is 51.9 Å². The van der Waals surface area contributed by atoms with Gasteiger partial charge < -0.3 is 20.0 Å². The summed E-state index contributed by atoms with van der Waals surface area (Å²) in [6.45, 7) is 7.32. The molecule has 0 saturated carbocycles. The fourth-order valence-corrected chi connectivity index (χ4v) is 3.90. The fraction of sp³-hybridized carbons (Fsp3) is 0.524. The van der Waals surface area contributed by atoms with Crippen LogP contribution in [-0.4, -0.2) is 78.9 Å². The van der Waals surface area contributed by atoms with Crippen LogP contribution < -0.4 is 10.2 Å². The van der Waals surface area contributed by atoms with Crippen LogP contribution in [0.1, 0.15) is 18.5 Å². The summed E-state index contributed by atoms with van der Waals surface area (Å²) in [5, 5.41) is 8.59. The Hall–Kier alpha value is -1.52. The number of rotatable bonds is 6. The van der Waals surface area contributed by atoms with E-state index < -0.39 is 0 Å². The molecule has 1 unspecified atom stereocenters. The Morgan fingerprint density at radius 2 is 1.93 bits per heavy atom. The van der Waals surface area contributed by atoms with Crippen molar-refractivity contribution < 1.29 is 0 Å². The molecule has 1 saturated heterocycles. The van der Waals surface area contributed by atoms with E-state index in [2.05, 4.69) is 58.4 Å². The number of aliphatic imine (C=N–C) groups is 1. The van der Waals surface area contributed by atoms with E-state index in [0.717, 1.165) is 49.4 Å². The van der Waals surface area contributed by atoms with Gasteiger partial charge in [0, 0.05) is 51.5 Å². The molecule has 2 aromatic rings. The lowest BCUT2D eigenvalue weighted by molar-refractivity contribution is 0.303. The van der Waals surface area contributed by atoms with Crippen LogP contribution in [0.3, 0.4) is 0 Å². The van der Waals surface area contributed by atoms with Crippen LogP contribution in [0.15, 0.2) is 41.7 Å². The Bertz CT molecular complexity index is 815. The number of hydrogen-bond donors (Lipinski definition) is 1. The first-order chi connectivity index (χ1) is 14.0. The van der Waals surface area contributed by atoms with Crippen molar-refractivity contribution in [3.05, 3.63) is 47.2 Å². The molecule has 1 N–H and O–H groups in total. The van der Waals surface area contributed by atoms with E-state index in [1.165, 1.54) is 5.56 Å². The second-order valence-electron chi connectivity index (χ2n) is 7.55. The van der Waals surface area contributed by atoms with Gasteiger partial charge in [-0.3, -0.25) is 9.67 Å². The van der Waals surface area contributed by atoms with E-state index in [9.17, 15) is 0 Å². The van der Waals surface area contributed by atoms with Gasteiger partial charge in [-0.15, -0.1) is 24.0 Å². The van der Waals surface area contributed by atoms with Gasteiger partial charge in [0.1, 0.15) is 0 Å². The van der Waals surface area contributed by atoms with Crippen molar-refractivity contribution in [2.45, 2.75) is 13.0 Å². The van der Waals surface area contributed by atoms with Crippen molar-refractivity contribution >= 4 is 47.2 Å². The number of piperazine rings is 1. The zero-order valence-electron chi connectivity index (χ0n) is 18.3. The molecule has 1 fully saturated rings. The van der Waals surface area contributed by atoms with Gasteiger partial charge in [-0.25, -0.2) is 0 Å². The van der Waals surface area contributed by atoms with E-state index in [4.69, 9.17) is 16.6 Å². The summed E-state index contributed by atoms with van der Waals surface area (Å²) in [6, 6.07) is 8.25. The minimum Gasteiger partial charge on any atom is -0.367 e. The molecule has 7 nitrogen and oxygen atoms in total. The first-order valence-corrected chi connectivity index (χ1v) is 10.5. The number of guanidine groups is 1. The fourth-order valence-electron chi connectivity index (χ4n) is 3.65. The summed E-state index contributed by atoms with van der Waals surface area (Å²) in [4.78, 5) is 11.8. The van der Waals surface area contributed by atoms with Gasteiger partial charge in [0.2, 0.25) is 0 Å². The molecule has 0 aliphatic carbocycles. The molecule has 0 amide bonds. The van der Waals surface area contributed by atoms with E-state index in [1.807, 2.05) is 36.1 Å². The van der Waals surface area contributed by atoms with Gasteiger partial charge in [0.25, 0.3) is 0 Å². The van der Waals surface area contributed by atoms with Crippen LogP contribution >= 0.6 is 35.6 Å². The third kappa shape index (κ3) is 6.24. The van der Waals surface area contributed by atoms with Crippen LogP contribution in [0.2, 0.25) is 5.02 Å². The highest BCUT2D eigenvalue weighted by Crippen LogP contribution is 2.26. The zero-order chi connectivity index (χ0) is 20.8. The molecule has 0 spiro atoms. The summed E-state index contributed by atoms with van der Waals surface area (Å²) >= 11 is 6.38. The van der Waals surface area contributed by atoms with Gasteiger partial charge >= 0.3 is 0 Å². The Balaban J connectivity index is 0.00000320. The number of aromatic nitrogens is 2. The molecule has 2 heterocycles. The van der Waals surface area contributed by atoms with E-state index in [0.29, 0.717) is 6.54 Å². The Kier molecular flexibility index (Phi) is 9.70. The third-order valence-electron chi connectivity index (χ3n) is 5.25. The molecule has 166 valence electrons.